The van der Waals surface area contributed by atoms with E-state index in [9.17, 15) is 18.0 Å². The summed E-state index contributed by atoms with van der Waals surface area (Å²) in [6.45, 7) is 5.61. The molecular formula is C21H29N7O4S. The van der Waals surface area contributed by atoms with E-state index >= 15 is 0 Å². The van der Waals surface area contributed by atoms with E-state index < -0.39 is 21.4 Å². The smallest absolute Gasteiger partial charge is 0.230 e. The number of hydrogen-bond donors (Lipinski definition) is 4. The summed E-state index contributed by atoms with van der Waals surface area (Å²) in [7, 11) is -1.50. The van der Waals surface area contributed by atoms with E-state index in [-0.39, 0.29) is 35.2 Å². The summed E-state index contributed by atoms with van der Waals surface area (Å²) in [5, 5.41) is 14.9. The van der Waals surface area contributed by atoms with Crippen molar-refractivity contribution in [1.82, 2.24) is 30.8 Å². The van der Waals surface area contributed by atoms with Crippen LogP contribution in [0.15, 0.2) is 35.2 Å². The Hall–Kier alpha value is -2.80. The standard InChI is InChI=1S/C21H29N7O4S/c1-12(2)33(31,32)15-7-5-14(6-8-15)10-18(29)23-17-9-13(3)26-28(17)21-24-19-16(20(30)25-21)11-22-27(19)4/h5-9,12,16,19,21-22,24H,10-11H2,1-4H3,(H,23,29)(H,25,30). The second-order valence-electron chi connectivity index (χ2n) is 8.68. The monoisotopic (exact) mass is 475 g/mol. The predicted molar refractivity (Wildman–Crippen MR) is 121 cm³/mol. The van der Waals surface area contributed by atoms with Gasteiger partial charge in [-0.05, 0) is 38.5 Å². The highest BCUT2D eigenvalue weighted by atomic mass is 32.2. The molecule has 33 heavy (non-hydrogen) atoms. The number of nitrogens with one attached hydrogen (secondary N) is 4. The van der Waals surface area contributed by atoms with Crippen molar-refractivity contribution < 1.29 is 18.0 Å². The number of benzene rings is 1. The molecule has 3 unspecified atom stereocenters. The summed E-state index contributed by atoms with van der Waals surface area (Å²) in [5.74, 6) is -0.150. The molecule has 2 saturated heterocycles. The van der Waals surface area contributed by atoms with Crippen LogP contribution in [0.4, 0.5) is 5.82 Å². The number of hydrazine groups is 1. The second-order valence-corrected chi connectivity index (χ2v) is 11.2. The van der Waals surface area contributed by atoms with Gasteiger partial charge in [0.2, 0.25) is 11.8 Å². The third-order valence-corrected chi connectivity index (χ3v) is 8.08. The number of anilines is 1. The molecule has 2 amide bonds. The van der Waals surface area contributed by atoms with Gasteiger partial charge < -0.3 is 10.6 Å². The van der Waals surface area contributed by atoms with Crippen molar-refractivity contribution in [2.75, 3.05) is 18.9 Å². The number of carbonyl (C=O) groups excluding carboxylic acids is 2. The van der Waals surface area contributed by atoms with Gasteiger partial charge in [0, 0.05) is 19.7 Å². The van der Waals surface area contributed by atoms with Crippen LogP contribution < -0.4 is 21.4 Å². The van der Waals surface area contributed by atoms with E-state index in [0.29, 0.717) is 23.6 Å². The van der Waals surface area contributed by atoms with E-state index in [1.165, 1.54) is 12.1 Å². The molecule has 1 aromatic heterocycles. The quantitative estimate of drug-likeness (QED) is 0.462. The first-order valence-electron chi connectivity index (χ1n) is 10.8. The van der Waals surface area contributed by atoms with Crippen LogP contribution in [-0.4, -0.2) is 60.0 Å². The Morgan fingerprint density at radius 2 is 1.97 bits per heavy atom. The minimum Gasteiger partial charge on any atom is -0.321 e. The lowest BCUT2D eigenvalue weighted by Crippen LogP contribution is -2.61. The Labute approximate surface area is 192 Å². The van der Waals surface area contributed by atoms with Gasteiger partial charge >= 0.3 is 0 Å². The first kappa shape index (κ1) is 23.4. The summed E-state index contributed by atoms with van der Waals surface area (Å²) in [4.78, 5) is 25.5. The van der Waals surface area contributed by atoms with Crippen molar-refractivity contribution in [3.8, 4) is 0 Å². The van der Waals surface area contributed by atoms with Crippen molar-refractivity contribution in [2.45, 2.75) is 49.8 Å². The number of carbonyl (C=O) groups is 2. The average Bonchev–Trinajstić information content (AvgIpc) is 3.30. The molecule has 0 aliphatic carbocycles. The molecule has 11 nitrogen and oxygen atoms in total. The summed E-state index contributed by atoms with van der Waals surface area (Å²) < 4.78 is 26.1. The van der Waals surface area contributed by atoms with Crippen molar-refractivity contribution >= 4 is 27.5 Å². The molecule has 12 heteroatoms. The van der Waals surface area contributed by atoms with E-state index in [0.717, 1.165) is 0 Å². The molecule has 0 saturated carbocycles. The lowest BCUT2D eigenvalue weighted by molar-refractivity contribution is -0.131. The Balaban J connectivity index is 1.46. The third-order valence-electron chi connectivity index (χ3n) is 5.91. The van der Waals surface area contributed by atoms with E-state index in [2.05, 4.69) is 26.5 Å². The molecule has 2 fully saturated rings. The van der Waals surface area contributed by atoms with E-state index in [1.54, 1.807) is 43.7 Å². The highest BCUT2D eigenvalue weighted by Crippen LogP contribution is 2.23. The van der Waals surface area contributed by atoms with Crippen molar-refractivity contribution in [2.24, 2.45) is 5.92 Å². The molecule has 0 bridgehead atoms. The van der Waals surface area contributed by atoms with Crippen LogP contribution in [0, 0.1) is 12.8 Å². The van der Waals surface area contributed by atoms with Crippen LogP contribution >= 0.6 is 0 Å². The fraction of sp³-hybridized carbons (Fsp3) is 0.476. The highest BCUT2D eigenvalue weighted by molar-refractivity contribution is 7.92. The van der Waals surface area contributed by atoms with Gasteiger partial charge in [0.05, 0.1) is 34.3 Å². The fourth-order valence-corrected chi connectivity index (χ4v) is 5.07. The Kier molecular flexibility index (Phi) is 6.27. The largest absolute Gasteiger partial charge is 0.321 e. The van der Waals surface area contributed by atoms with Gasteiger partial charge in [0.25, 0.3) is 0 Å². The molecule has 2 aliphatic rings. The topological polar surface area (TPSA) is 137 Å². The van der Waals surface area contributed by atoms with Crippen LogP contribution in [-0.2, 0) is 25.8 Å². The molecule has 4 N–H and O–H groups in total. The first-order valence-corrected chi connectivity index (χ1v) is 12.3. The number of fused-ring (bicyclic) bond motifs is 1. The van der Waals surface area contributed by atoms with E-state index in [1.807, 2.05) is 12.1 Å². The summed E-state index contributed by atoms with van der Waals surface area (Å²) in [6, 6.07) is 8.06. The zero-order chi connectivity index (χ0) is 23.9. The van der Waals surface area contributed by atoms with Gasteiger partial charge in [-0.15, -0.1) is 0 Å². The minimum absolute atomic E-state index is 0.0635. The lowest BCUT2D eigenvalue weighted by atomic mass is 10.1. The number of amides is 2. The summed E-state index contributed by atoms with van der Waals surface area (Å²) >= 11 is 0. The maximum Gasteiger partial charge on any atom is 0.230 e. The molecule has 3 heterocycles. The van der Waals surface area contributed by atoms with E-state index in [4.69, 9.17) is 0 Å². The molecule has 0 spiro atoms. The lowest BCUT2D eigenvalue weighted by Gasteiger charge is -2.35. The Morgan fingerprint density at radius 1 is 1.27 bits per heavy atom. The summed E-state index contributed by atoms with van der Waals surface area (Å²) in [5.41, 5.74) is 4.50. The number of rotatable bonds is 6. The first-order chi connectivity index (χ1) is 15.6. The van der Waals surface area contributed by atoms with Gasteiger partial charge in [-0.3, -0.25) is 20.3 Å². The normalized spacial score (nSPS) is 23.4. The maximum atomic E-state index is 12.7. The summed E-state index contributed by atoms with van der Waals surface area (Å²) in [6.07, 6.45) is -0.753. The number of sulfone groups is 1. The number of nitrogens with zero attached hydrogens (tertiary/aromatic N) is 3. The maximum absolute atomic E-state index is 12.7. The Morgan fingerprint density at radius 3 is 2.64 bits per heavy atom. The molecule has 178 valence electrons. The molecule has 4 rings (SSSR count). The fourth-order valence-electron chi connectivity index (χ4n) is 4.01. The highest BCUT2D eigenvalue weighted by Gasteiger charge is 2.43. The van der Waals surface area contributed by atoms with Crippen LogP contribution in [0.5, 0.6) is 0 Å². The zero-order valence-electron chi connectivity index (χ0n) is 19.0. The van der Waals surface area contributed by atoms with Gasteiger partial charge in [-0.2, -0.15) is 5.10 Å². The number of aromatic nitrogens is 2. The number of aryl methyl sites for hydroxylation is 1. The minimum atomic E-state index is -3.36. The average molecular weight is 476 g/mol. The molecule has 2 aromatic rings. The predicted octanol–water partition coefficient (Wildman–Crippen LogP) is 0.123. The molecule has 0 radical (unpaired) electrons. The van der Waals surface area contributed by atoms with Gasteiger partial charge in [0.1, 0.15) is 5.82 Å². The molecule has 3 atom stereocenters. The second kappa shape index (κ2) is 8.86. The van der Waals surface area contributed by atoms with Crippen molar-refractivity contribution in [3.63, 3.8) is 0 Å². The van der Waals surface area contributed by atoms with Gasteiger partial charge in [0.15, 0.2) is 16.1 Å². The zero-order valence-corrected chi connectivity index (χ0v) is 19.8. The molecular weight excluding hydrogens is 446 g/mol. The van der Waals surface area contributed by atoms with Crippen LogP contribution in [0.1, 0.15) is 31.4 Å². The third kappa shape index (κ3) is 4.64. The van der Waals surface area contributed by atoms with Crippen LogP contribution in [0.25, 0.3) is 0 Å². The molecule has 1 aromatic carbocycles. The van der Waals surface area contributed by atoms with Crippen molar-refractivity contribution in [3.05, 3.63) is 41.6 Å². The Bertz CT molecular complexity index is 1160. The van der Waals surface area contributed by atoms with Gasteiger partial charge in [-0.1, -0.05) is 12.1 Å². The van der Waals surface area contributed by atoms with Crippen molar-refractivity contribution in [1.29, 1.82) is 0 Å². The van der Waals surface area contributed by atoms with Gasteiger partial charge in [-0.25, -0.2) is 18.1 Å². The molecule has 2 aliphatic heterocycles. The van der Waals surface area contributed by atoms with Crippen LogP contribution in [0.3, 0.4) is 0 Å². The number of hydrogen-bond acceptors (Lipinski definition) is 8. The SMILES string of the molecule is Cc1cc(NC(=O)Cc2ccc(S(=O)(=O)C(C)C)cc2)n(C2NC(=O)C3CNN(C)C3N2)n1. The van der Waals surface area contributed by atoms with Crippen LogP contribution in [0.2, 0.25) is 0 Å².